The molecular weight excluding hydrogens is 330 g/mol. The Kier molecular flexibility index (Phi) is 4.25. The molecule has 24 heavy (non-hydrogen) atoms. The molecule has 0 saturated carbocycles. The van der Waals surface area contributed by atoms with Gasteiger partial charge in [0.25, 0.3) is 0 Å². The lowest BCUT2D eigenvalue weighted by molar-refractivity contribution is -0.132. The number of hydrogen-bond acceptors (Lipinski definition) is 6. The predicted octanol–water partition coefficient (Wildman–Crippen LogP) is 1.58. The number of carbonyl (C=O) groups excluding carboxylic acids is 1. The minimum absolute atomic E-state index is 0.0478. The third-order valence-electron chi connectivity index (χ3n) is 4.35. The molecule has 130 valence electrons. The van der Waals surface area contributed by atoms with Crippen LogP contribution in [0.5, 0.6) is 0 Å². The quantitative estimate of drug-likeness (QED) is 0.899. The predicted molar refractivity (Wildman–Crippen MR) is 91.7 cm³/mol. The molecule has 2 aromatic rings. The average molecular weight is 351 g/mol. The van der Waals surface area contributed by atoms with E-state index in [1.807, 2.05) is 18.2 Å². The van der Waals surface area contributed by atoms with Crippen molar-refractivity contribution in [3.8, 4) is 0 Å². The van der Waals surface area contributed by atoms with Crippen LogP contribution < -0.4 is 5.32 Å². The standard InChI is InChI=1S/C16H21N3O4S/c1-10(16(20)19(3)13-6-7-24(21,22)9-13)17-12-4-5-15-14(8-12)18-11(2)23-15/h4-5,8,10,13,17H,6-7,9H2,1-3H3/t10-,13+/m1/s1. The van der Waals surface area contributed by atoms with E-state index < -0.39 is 15.9 Å². The molecule has 1 saturated heterocycles. The van der Waals surface area contributed by atoms with Crippen molar-refractivity contribution in [3.05, 3.63) is 24.1 Å². The van der Waals surface area contributed by atoms with Crippen LogP contribution >= 0.6 is 0 Å². The van der Waals surface area contributed by atoms with Crippen molar-refractivity contribution in [1.29, 1.82) is 0 Å². The zero-order valence-corrected chi connectivity index (χ0v) is 14.8. The van der Waals surface area contributed by atoms with Crippen LogP contribution in [0.25, 0.3) is 11.1 Å². The van der Waals surface area contributed by atoms with E-state index in [9.17, 15) is 13.2 Å². The van der Waals surface area contributed by atoms with Crippen LogP contribution in [0.3, 0.4) is 0 Å². The fraction of sp³-hybridized carbons (Fsp3) is 0.500. The van der Waals surface area contributed by atoms with Gasteiger partial charge < -0.3 is 14.6 Å². The Balaban J connectivity index is 1.68. The van der Waals surface area contributed by atoms with Crippen molar-refractivity contribution < 1.29 is 17.6 Å². The minimum atomic E-state index is -3.01. The van der Waals surface area contributed by atoms with Gasteiger partial charge in [0.2, 0.25) is 5.91 Å². The monoisotopic (exact) mass is 351 g/mol. The lowest BCUT2D eigenvalue weighted by atomic mass is 10.2. The van der Waals surface area contributed by atoms with Gasteiger partial charge in [0.1, 0.15) is 11.6 Å². The Labute approximate surface area is 141 Å². The summed E-state index contributed by atoms with van der Waals surface area (Å²) in [5.41, 5.74) is 2.20. The van der Waals surface area contributed by atoms with Crippen LogP contribution in [0.1, 0.15) is 19.2 Å². The van der Waals surface area contributed by atoms with Crippen molar-refractivity contribution in [3.63, 3.8) is 0 Å². The summed E-state index contributed by atoms with van der Waals surface area (Å²) >= 11 is 0. The van der Waals surface area contributed by atoms with Crippen molar-refractivity contribution in [2.24, 2.45) is 0 Å². The lowest BCUT2D eigenvalue weighted by Crippen LogP contribution is -2.45. The van der Waals surface area contributed by atoms with Crippen LogP contribution in [-0.4, -0.2) is 54.8 Å². The number of rotatable bonds is 4. The molecule has 0 radical (unpaired) electrons. The van der Waals surface area contributed by atoms with E-state index in [4.69, 9.17) is 4.42 Å². The zero-order chi connectivity index (χ0) is 17.5. The number of likely N-dealkylation sites (N-methyl/N-ethyl adjacent to an activating group) is 1. The number of amides is 1. The highest BCUT2D eigenvalue weighted by atomic mass is 32.2. The normalized spacial score (nSPS) is 20.9. The number of hydrogen-bond donors (Lipinski definition) is 1. The summed E-state index contributed by atoms with van der Waals surface area (Å²) in [7, 11) is -1.35. The van der Waals surface area contributed by atoms with Gasteiger partial charge in [0.15, 0.2) is 21.3 Å². The number of sulfone groups is 1. The lowest BCUT2D eigenvalue weighted by Gasteiger charge is -2.27. The number of carbonyl (C=O) groups is 1. The first-order valence-corrected chi connectivity index (χ1v) is 9.68. The first-order chi connectivity index (χ1) is 11.2. The molecule has 0 unspecified atom stereocenters. The number of oxazole rings is 1. The number of nitrogens with one attached hydrogen (secondary N) is 1. The highest BCUT2D eigenvalue weighted by Gasteiger charge is 2.34. The van der Waals surface area contributed by atoms with Gasteiger partial charge in [-0.05, 0) is 31.5 Å². The summed E-state index contributed by atoms with van der Waals surface area (Å²) in [6.07, 6.45) is 0.501. The number of fused-ring (bicyclic) bond motifs is 1. The van der Waals surface area contributed by atoms with Gasteiger partial charge in [-0.1, -0.05) is 0 Å². The Hall–Kier alpha value is -2.09. The van der Waals surface area contributed by atoms with Crippen LogP contribution in [0.2, 0.25) is 0 Å². The van der Waals surface area contributed by atoms with E-state index in [-0.39, 0.29) is 23.5 Å². The van der Waals surface area contributed by atoms with E-state index >= 15 is 0 Å². The summed E-state index contributed by atoms with van der Waals surface area (Å²) in [6, 6.07) is 4.75. The van der Waals surface area contributed by atoms with E-state index in [1.54, 1.807) is 25.8 Å². The summed E-state index contributed by atoms with van der Waals surface area (Å²) < 4.78 is 28.6. The van der Waals surface area contributed by atoms with Gasteiger partial charge in [-0.25, -0.2) is 13.4 Å². The Morgan fingerprint density at radius 1 is 1.46 bits per heavy atom. The molecule has 1 aliphatic heterocycles. The highest BCUT2D eigenvalue weighted by molar-refractivity contribution is 7.91. The van der Waals surface area contributed by atoms with Gasteiger partial charge in [0, 0.05) is 25.7 Å². The number of anilines is 1. The molecular formula is C16H21N3O4S. The summed E-state index contributed by atoms with van der Waals surface area (Å²) in [4.78, 5) is 18.4. The van der Waals surface area contributed by atoms with E-state index in [1.165, 1.54) is 0 Å². The zero-order valence-electron chi connectivity index (χ0n) is 13.9. The van der Waals surface area contributed by atoms with E-state index in [0.717, 1.165) is 11.2 Å². The smallest absolute Gasteiger partial charge is 0.244 e. The second-order valence-electron chi connectivity index (χ2n) is 6.29. The summed E-state index contributed by atoms with van der Waals surface area (Å²) in [5.74, 6) is 0.660. The Bertz CT molecular complexity index is 875. The minimum Gasteiger partial charge on any atom is -0.441 e. The molecule has 2 heterocycles. The van der Waals surface area contributed by atoms with Crippen LogP contribution in [0.15, 0.2) is 22.6 Å². The first-order valence-electron chi connectivity index (χ1n) is 7.86. The summed E-state index contributed by atoms with van der Waals surface area (Å²) in [5, 5.41) is 3.15. The van der Waals surface area contributed by atoms with Crippen molar-refractivity contribution >= 4 is 32.5 Å². The van der Waals surface area contributed by atoms with Gasteiger partial charge in [0.05, 0.1) is 11.5 Å². The van der Waals surface area contributed by atoms with Gasteiger partial charge in [-0.3, -0.25) is 4.79 Å². The average Bonchev–Trinajstić information content (AvgIpc) is 3.06. The molecule has 2 atom stereocenters. The van der Waals surface area contributed by atoms with Crippen molar-refractivity contribution in [2.75, 3.05) is 23.9 Å². The molecule has 1 fully saturated rings. The second kappa shape index (κ2) is 6.08. The molecule has 0 bridgehead atoms. The molecule has 0 spiro atoms. The molecule has 3 rings (SSSR count). The highest BCUT2D eigenvalue weighted by Crippen LogP contribution is 2.21. The molecule has 1 amide bonds. The van der Waals surface area contributed by atoms with E-state index in [2.05, 4.69) is 10.3 Å². The maximum atomic E-state index is 12.5. The molecule has 1 aromatic carbocycles. The second-order valence-corrected chi connectivity index (χ2v) is 8.52. The molecule has 1 N–H and O–H groups in total. The maximum Gasteiger partial charge on any atom is 0.244 e. The van der Waals surface area contributed by atoms with Gasteiger partial charge in [-0.2, -0.15) is 0 Å². The first kappa shape index (κ1) is 16.8. The van der Waals surface area contributed by atoms with E-state index in [0.29, 0.717) is 17.9 Å². The number of aromatic nitrogens is 1. The molecule has 1 aliphatic rings. The van der Waals surface area contributed by atoms with Gasteiger partial charge in [-0.15, -0.1) is 0 Å². The summed E-state index contributed by atoms with van der Waals surface area (Å²) in [6.45, 7) is 3.55. The van der Waals surface area contributed by atoms with Crippen LogP contribution in [0.4, 0.5) is 5.69 Å². The number of benzene rings is 1. The van der Waals surface area contributed by atoms with Crippen LogP contribution in [0, 0.1) is 6.92 Å². The fourth-order valence-corrected chi connectivity index (χ4v) is 4.78. The van der Waals surface area contributed by atoms with Crippen molar-refractivity contribution in [2.45, 2.75) is 32.4 Å². The molecule has 7 nitrogen and oxygen atoms in total. The molecule has 0 aliphatic carbocycles. The number of nitrogens with zero attached hydrogens (tertiary/aromatic N) is 2. The van der Waals surface area contributed by atoms with Crippen molar-refractivity contribution in [1.82, 2.24) is 9.88 Å². The Morgan fingerprint density at radius 2 is 2.21 bits per heavy atom. The molecule has 8 heteroatoms. The topological polar surface area (TPSA) is 92.5 Å². The molecule has 1 aromatic heterocycles. The largest absolute Gasteiger partial charge is 0.441 e. The third kappa shape index (κ3) is 3.38. The van der Waals surface area contributed by atoms with Gasteiger partial charge >= 0.3 is 0 Å². The Morgan fingerprint density at radius 3 is 2.88 bits per heavy atom. The SMILES string of the molecule is Cc1nc2cc(N[C@H](C)C(=O)N(C)[C@H]3CCS(=O)(=O)C3)ccc2o1. The fourth-order valence-electron chi connectivity index (χ4n) is 3.01. The van der Waals surface area contributed by atoms with Crippen LogP contribution in [-0.2, 0) is 14.6 Å². The third-order valence-corrected chi connectivity index (χ3v) is 6.10. The maximum absolute atomic E-state index is 12.5. The number of aryl methyl sites for hydroxylation is 1.